The second-order valence-electron chi connectivity index (χ2n) is 5.54. The molecule has 2 aromatic rings. The van der Waals surface area contributed by atoms with Crippen molar-refractivity contribution in [1.82, 2.24) is 20.1 Å². The molecule has 1 saturated carbocycles. The molecule has 1 aromatic heterocycles. The van der Waals surface area contributed by atoms with Gasteiger partial charge in [0.2, 0.25) is 0 Å². The molecule has 0 spiro atoms. The Morgan fingerprint density at radius 3 is 2.75 bits per heavy atom. The highest BCUT2D eigenvalue weighted by Crippen LogP contribution is 2.30. The van der Waals surface area contributed by atoms with Crippen LogP contribution >= 0.6 is 0 Å². The monoisotopic (exact) mass is 270 g/mol. The van der Waals surface area contributed by atoms with Gasteiger partial charge in [0.25, 0.3) is 0 Å². The second-order valence-corrected chi connectivity index (χ2v) is 5.54. The van der Waals surface area contributed by atoms with Gasteiger partial charge < -0.3 is 5.32 Å². The van der Waals surface area contributed by atoms with Crippen molar-refractivity contribution in [2.75, 3.05) is 0 Å². The van der Waals surface area contributed by atoms with E-state index in [9.17, 15) is 0 Å². The summed E-state index contributed by atoms with van der Waals surface area (Å²) in [5.41, 5.74) is 1.12. The highest BCUT2D eigenvalue weighted by Gasteiger charge is 2.25. The Morgan fingerprint density at radius 1 is 1.30 bits per heavy atom. The summed E-state index contributed by atoms with van der Waals surface area (Å²) in [6, 6.07) is 10.9. The molecular weight excluding hydrogens is 248 g/mol. The van der Waals surface area contributed by atoms with E-state index in [1.165, 1.54) is 25.7 Å². The predicted molar refractivity (Wildman–Crippen MR) is 79.6 cm³/mol. The van der Waals surface area contributed by atoms with E-state index < -0.39 is 0 Å². The van der Waals surface area contributed by atoms with Gasteiger partial charge in [-0.3, -0.25) is 4.57 Å². The summed E-state index contributed by atoms with van der Waals surface area (Å²) in [6.45, 7) is 3.04. The maximum atomic E-state index is 4.25. The van der Waals surface area contributed by atoms with E-state index in [4.69, 9.17) is 0 Å². The minimum atomic E-state index is 0.615. The molecule has 1 aromatic carbocycles. The van der Waals surface area contributed by atoms with Crippen LogP contribution < -0.4 is 5.32 Å². The highest BCUT2D eigenvalue weighted by molar-refractivity contribution is 5.31. The number of nitrogens with zero attached hydrogens (tertiary/aromatic N) is 3. The summed E-state index contributed by atoms with van der Waals surface area (Å²) in [7, 11) is 0. The molecule has 1 heterocycles. The third kappa shape index (κ3) is 2.75. The summed E-state index contributed by atoms with van der Waals surface area (Å²) in [5.74, 6) is 1.84. The van der Waals surface area contributed by atoms with Gasteiger partial charge in [0, 0.05) is 11.7 Å². The van der Waals surface area contributed by atoms with Gasteiger partial charge in [-0.2, -0.15) is 0 Å². The Hall–Kier alpha value is -1.68. The molecular formula is C16H22N4. The van der Waals surface area contributed by atoms with Crippen molar-refractivity contribution in [3.8, 4) is 5.69 Å². The zero-order valence-corrected chi connectivity index (χ0v) is 12.0. The number of hydrogen-bond donors (Lipinski definition) is 1. The summed E-state index contributed by atoms with van der Waals surface area (Å²) >= 11 is 0. The van der Waals surface area contributed by atoms with Crippen molar-refractivity contribution in [2.45, 2.75) is 45.2 Å². The van der Waals surface area contributed by atoms with Gasteiger partial charge in [0.05, 0.1) is 6.54 Å². The first kappa shape index (κ1) is 13.3. The maximum Gasteiger partial charge on any atom is 0.151 e. The normalized spacial score (nSPS) is 16.9. The lowest BCUT2D eigenvalue weighted by molar-refractivity contribution is 0.221. The van der Waals surface area contributed by atoms with Crippen LogP contribution in [0.25, 0.3) is 5.69 Å². The zero-order valence-electron chi connectivity index (χ0n) is 12.0. The molecule has 1 unspecified atom stereocenters. The third-order valence-corrected chi connectivity index (χ3v) is 4.33. The van der Waals surface area contributed by atoms with Gasteiger partial charge in [-0.15, -0.1) is 10.2 Å². The molecule has 106 valence electrons. The van der Waals surface area contributed by atoms with Gasteiger partial charge in [0.15, 0.2) is 5.82 Å². The van der Waals surface area contributed by atoms with Crippen molar-refractivity contribution >= 4 is 0 Å². The number of hydrogen-bond acceptors (Lipinski definition) is 3. The standard InChI is InChI=1S/C16H22N4/c1-2-15(13-7-6-8-13)17-11-16-19-18-12-20(16)14-9-4-3-5-10-14/h3-5,9-10,12-13,15,17H,2,6-8,11H2,1H3. The SMILES string of the molecule is CCC(NCc1nncn1-c1ccccc1)C1CCC1. The fourth-order valence-corrected chi connectivity index (χ4v) is 2.89. The number of nitrogens with one attached hydrogen (secondary N) is 1. The van der Waals surface area contributed by atoms with Gasteiger partial charge in [0.1, 0.15) is 6.33 Å². The Morgan fingerprint density at radius 2 is 2.10 bits per heavy atom. The third-order valence-electron chi connectivity index (χ3n) is 4.33. The average Bonchev–Trinajstić information content (AvgIpc) is 2.90. The Kier molecular flexibility index (Phi) is 4.11. The van der Waals surface area contributed by atoms with Gasteiger partial charge in [-0.05, 0) is 37.3 Å². The van der Waals surface area contributed by atoms with Crippen LogP contribution in [0.3, 0.4) is 0 Å². The molecule has 0 bridgehead atoms. The molecule has 20 heavy (non-hydrogen) atoms. The molecule has 0 amide bonds. The van der Waals surface area contributed by atoms with Crippen molar-refractivity contribution in [3.05, 3.63) is 42.5 Å². The summed E-state index contributed by atoms with van der Waals surface area (Å²) in [4.78, 5) is 0. The highest BCUT2D eigenvalue weighted by atomic mass is 15.3. The van der Waals surface area contributed by atoms with E-state index in [0.717, 1.165) is 24.0 Å². The Labute approximate surface area is 120 Å². The van der Waals surface area contributed by atoms with E-state index in [0.29, 0.717) is 6.04 Å². The Balaban J connectivity index is 1.67. The average molecular weight is 270 g/mol. The molecule has 1 fully saturated rings. The quantitative estimate of drug-likeness (QED) is 0.877. The smallest absolute Gasteiger partial charge is 0.151 e. The van der Waals surface area contributed by atoms with Crippen molar-refractivity contribution in [3.63, 3.8) is 0 Å². The fraction of sp³-hybridized carbons (Fsp3) is 0.500. The van der Waals surface area contributed by atoms with Crippen LogP contribution in [0.15, 0.2) is 36.7 Å². The molecule has 3 rings (SSSR count). The maximum absolute atomic E-state index is 4.25. The lowest BCUT2D eigenvalue weighted by Gasteiger charge is -2.33. The summed E-state index contributed by atoms with van der Waals surface area (Å²) in [5, 5.41) is 12.0. The van der Waals surface area contributed by atoms with Gasteiger partial charge in [-0.25, -0.2) is 0 Å². The predicted octanol–water partition coefficient (Wildman–Crippen LogP) is 2.94. The summed E-state index contributed by atoms with van der Waals surface area (Å²) < 4.78 is 2.06. The van der Waals surface area contributed by atoms with E-state index in [1.807, 2.05) is 18.2 Å². The molecule has 4 heteroatoms. The first-order valence-electron chi connectivity index (χ1n) is 7.56. The van der Waals surface area contributed by atoms with Gasteiger partial charge >= 0.3 is 0 Å². The molecule has 0 aliphatic heterocycles. The van der Waals surface area contributed by atoms with E-state index >= 15 is 0 Å². The minimum absolute atomic E-state index is 0.615. The number of para-hydroxylation sites is 1. The topological polar surface area (TPSA) is 42.7 Å². The largest absolute Gasteiger partial charge is 0.307 e. The lowest BCUT2D eigenvalue weighted by Crippen LogP contribution is -2.39. The number of benzene rings is 1. The van der Waals surface area contributed by atoms with Crippen LogP contribution in [0, 0.1) is 5.92 Å². The van der Waals surface area contributed by atoms with Crippen LogP contribution in [0.2, 0.25) is 0 Å². The van der Waals surface area contributed by atoms with Crippen LogP contribution in [0.1, 0.15) is 38.4 Å². The van der Waals surface area contributed by atoms with Crippen molar-refractivity contribution in [1.29, 1.82) is 0 Å². The van der Waals surface area contributed by atoms with Crippen LogP contribution in [-0.4, -0.2) is 20.8 Å². The number of rotatable bonds is 6. The minimum Gasteiger partial charge on any atom is -0.307 e. The first-order valence-corrected chi connectivity index (χ1v) is 7.56. The molecule has 1 atom stereocenters. The molecule has 0 radical (unpaired) electrons. The fourth-order valence-electron chi connectivity index (χ4n) is 2.89. The number of aromatic nitrogens is 3. The van der Waals surface area contributed by atoms with Gasteiger partial charge in [-0.1, -0.05) is 31.5 Å². The molecule has 1 aliphatic carbocycles. The zero-order chi connectivity index (χ0) is 13.8. The Bertz CT molecular complexity index is 530. The second kappa shape index (κ2) is 6.18. The van der Waals surface area contributed by atoms with E-state index in [1.54, 1.807) is 6.33 Å². The molecule has 4 nitrogen and oxygen atoms in total. The van der Waals surface area contributed by atoms with E-state index in [2.05, 4.69) is 39.1 Å². The first-order chi connectivity index (χ1) is 9.88. The summed E-state index contributed by atoms with van der Waals surface area (Å²) in [6.07, 6.45) is 7.11. The van der Waals surface area contributed by atoms with Crippen molar-refractivity contribution < 1.29 is 0 Å². The van der Waals surface area contributed by atoms with Crippen LogP contribution in [0.5, 0.6) is 0 Å². The van der Waals surface area contributed by atoms with Crippen molar-refractivity contribution in [2.24, 2.45) is 5.92 Å². The van der Waals surface area contributed by atoms with Crippen LogP contribution in [-0.2, 0) is 6.54 Å². The van der Waals surface area contributed by atoms with E-state index in [-0.39, 0.29) is 0 Å². The molecule has 1 N–H and O–H groups in total. The van der Waals surface area contributed by atoms with Crippen LogP contribution in [0.4, 0.5) is 0 Å². The lowest BCUT2D eigenvalue weighted by atomic mass is 9.79. The molecule has 1 aliphatic rings. The molecule has 0 saturated heterocycles.